The molecule has 0 bridgehead atoms. The van der Waals surface area contributed by atoms with Crippen molar-refractivity contribution in [2.45, 2.75) is 30.2 Å². The van der Waals surface area contributed by atoms with Crippen LogP contribution in [0.15, 0.2) is 53.4 Å². The monoisotopic (exact) mass is 360 g/mol. The van der Waals surface area contributed by atoms with E-state index in [9.17, 15) is 18.5 Å². The second kappa shape index (κ2) is 6.48. The zero-order valence-electron chi connectivity index (χ0n) is 14.1. The topological polar surface area (TPSA) is 80.5 Å². The second-order valence-corrected chi connectivity index (χ2v) is 8.51. The Balaban J connectivity index is 1.96. The van der Waals surface area contributed by atoms with Crippen molar-refractivity contribution in [3.05, 3.63) is 64.2 Å². The van der Waals surface area contributed by atoms with Gasteiger partial charge in [-0.1, -0.05) is 30.3 Å². The Morgan fingerprint density at radius 1 is 1.16 bits per heavy atom. The number of anilines is 1. The maximum absolute atomic E-state index is 12.0. The molecule has 2 unspecified atom stereocenters. The molecule has 0 N–H and O–H groups in total. The van der Waals surface area contributed by atoms with Gasteiger partial charge in [-0.15, -0.1) is 0 Å². The Morgan fingerprint density at radius 3 is 2.44 bits per heavy atom. The number of benzene rings is 2. The largest absolute Gasteiger partial charge is 0.368 e. The number of rotatable bonds is 4. The molecule has 25 heavy (non-hydrogen) atoms. The fourth-order valence-electron chi connectivity index (χ4n) is 3.49. The molecule has 1 aliphatic heterocycles. The molecule has 1 saturated heterocycles. The van der Waals surface area contributed by atoms with E-state index >= 15 is 0 Å². The zero-order chi connectivity index (χ0) is 18.2. The van der Waals surface area contributed by atoms with Gasteiger partial charge in [0.2, 0.25) is 0 Å². The summed E-state index contributed by atoms with van der Waals surface area (Å²) < 4.78 is 23.9. The standard InChI is InChI=1S/C18H20N2O4S/c1-13-10-15(14-6-4-3-5-7-14)12-19(13)16-8-9-17(20(21)22)18(11-16)25(2,23)24/h3-9,11,13,15H,10,12H2,1-2H3. The first kappa shape index (κ1) is 17.4. The van der Waals surface area contributed by atoms with Crippen LogP contribution in [-0.2, 0) is 9.84 Å². The highest BCUT2D eigenvalue weighted by molar-refractivity contribution is 7.90. The molecule has 1 aliphatic rings. The number of nitrogens with zero attached hydrogens (tertiary/aromatic N) is 2. The third kappa shape index (κ3) is 3.51. The normalized spacial score (nSPS) is 20.6. The lowest BCUT2D eigenvalue weighted by atomic mass is 9.97. The van der Waals surface area contributed by atoms with Gasteiger partial charge < -0.3 is 4.90 Å². The smallest absolute Gasteiger partial charge is 0.288 e. The predicted molar refractivity (Wildman–Crippen MR) is 96.8 cm³/mol. The number of hydrogen-bond donors (Lipinski definition) is 0. The Morgan fingerprint density at radius 2 is 1.84 bits per heavy atom. The van der Waals surface area contributed by atoms with Crippen LogP contribution in [0.3, 0.4) is 0 Å². The van der Waals surface area contributed by atoms with Crippen LogP contribution in [0.1, 0.15) is 24.8 Å². The van der Waals surface area contributed by atoms with Crippen molar-refractivity contribution in [1.29, 1.82) is 0 Å². The van der Waals surface area contributed by atoms with Crippen LogP contribution < -0.4 is 4.90 Å². The number of hydrogen-bond acceptors (Lipinski definition) is 5. The molecule has 1 heterocycles. The molecule has 0 spiro atoms. The molecule has 0 saturated carbocycles. The highest BCUT2D eigenvalue weighted by Crippen LogP contribution is 2.37. The van der Waals surface area contributed by atoms with E-state index in [0.717, 1.165) is 19.2 Å². The quantitative estimate of drug-likeness (QED) is 0.617. The molecule has 2 aromatic rings. The Kier molecular flexibility index (Phi) is 4.51. The van der Waals surface area contributed by atoms with E-state index in [1.165, 1.54) is 17.7 Å². The molecule has 7 heteroatoms. The van der Waals surface area contributed by atoms with Crippen LogP contribution in [0.25, 0.3) is 0 Å². The lowest BCUT2D eigenvalue weighted by Crippen LogP contribution is -2.26. The molecule has 0 aliphatic carbocycles. The first-order chi connectivity index (χ1) is 11.8. The average molecular weight is 360 g/mol. The van der Waals surface area contributed by atoms with Crippen LogP contribution in [0.5, 0.6) is 0 Å². The summed E-state index contributed by atoms with van der Waals surface area (Å²) in [5.41, 5.74) is 1.58. The van der Waals surface area contributed by atoms with Crippen molar-refractivity contribution < 1.29 is 13.3 Å². The average Bonchev–Trinajstić information content (AvgIpc) is 2.96. The molecule has 0 amide bonds. The van der Waals surface area contributed by atoms with Crippen molar-refractivity contribution in [2.75, 3.05) is 17.7 Å². The van der Waals surface area contributed by atoms with Gasteiger partial charge in [0.25, 0.3) is 5.69 Å². The fourth-order valence-corrected chi connectivity index (χ4v) is 4.34. The van der Waals surface area contributed by atoms with Crippen molar-refractivity contribution in [3.63, 3.8) is 0 Å². The highest BCUT2D eigenvalue weighted by Gasteiger charge is 2.32. The Labute approximate surface area is 147 Å². The molecule has 132 valence electrons. The highest BCUT2D eigenvalue weighted by atomic mass is 32.2. The number of nitro benzene ring substituents is 1. The van der Waals surface area contributed by atoms with Crippen molar-refractivity contribution in [1.82, 2.24) is 0 Å². The molecule has 0 aromatic heterocycles. The summed E-state index contributed by atoms with van der Waals surface area (Å²) in [6.45, 7) is 2.84. The first-order valence-electron chi connectivity index (χ1n) is 8.07. The molecule has 3 rings (SSSR count). The van der Waals surface area contributed by atoms with Gasteiger partial charge in [0, 0.05) is 36.5 Å². The van der Waals surface area contributed by atoms with E-state index in [1.807, 2.05) is 18.2 Å². The van der Waals surface area contributed by atoms with Gasteiger partial charge in [0.15, 0.2) is 9.84 Å². The van der Waals surface area contributed by atoms with Gasteiger partial charge in [-0.3, -0.25) is 10.1 Å². The molecule has 2 aromatic carbocycles. The van der Waals surface area contributed by atoms with Gasteiger partial charge in [-0.25, -0.2) is 8.42 Å². The van der Waals surface area contributed by atoms with E-state index in [4.69, 9.17) is 0 Å². The maximum atomic E-state index is 12.0. The van der Waals surface area contributed by atoms with Gasteiger partial charge in [0.05, 0.1) is 4.92 Å². The van der Waals surface area contributed by atoms with Crippen LogP contribution in [0.4, 0.5) is 11.4 Å². The van der Waals surface area contributed by atoms with Crippen LogP contribution in [0, 0.1) is 10.1 Å². The SMILES string of the molecule is CC1CC(c2ccccc2)CN1c1ccc([N+](=O)[O-])c(S(C)(=O)=O)c1. The lowest BCUT2D eigenvalue weighted by Gasteiger charge is -2.24. The van der Waals surface area contributed by atoms with Crippen LogP contribution in [-0.4, -0.2) is 32.2 Å². The summed E-state index contributed by atoms with van der Waals surface area (Å²) in [7, 11) is -3.68. The Bertz CT molecular complexity index is 897. The van der Waals surface area contributed by atoms with Gasteiger partial charge in [-0.2, -0.15) is 0 Å². The maximum Gasteiger partial charge on any atom is 0.288 e. The van der Waals surface area contributed by atoms with Gasteiger partial charge >= 0.3 is 0 Å². The summed E-state index contributed by atoms with van der Waals surface area (Å²) in [4.78, 5) is 12.4. The third-order valence-corrected chi connectivity index (χ3v) is 5.84. The second-order valence-electron chi connectivity index (χ2n) is 6.53. The third-order valence-electron chi connectivity index (χ3n) is 4.72. The first-order valence-corrected chi connectivity index (χ1v) is 9.96. The number of nitro groups is 1. The lowest BCUT2D eigenvalue weighted by molar-refractivity contribution is -0.387. The van der Waals surface area contributed by atoms with Crippen molar-refractivity contribution in [3.8, 4) is 0 Å². The minimum Gasteiger partial charge on any atom is -0.368 e. The summed E-state index contributed by atoms with van der Waals surface area (Å²) in [5.74, 6) is 0.355. The zero-order valence-corrected chi connectivity index (χ0v) is 14.9. The van der Waals surface area contributed by atoms with Gasteiger partial charge in [-0.05, 0) is 31.0 Å². The summed E-state index contributed by atoms with van der Waals surface area (Å²) in [5, 5.41) is 11.1. The van der Waals surface area contributed by atoms with Crippen LogP contribution >= 0.6 is 0 Å². The molecule has 6 nitrogen and oxygen atoms in total. The number of sulfone groups is 1. The summed E-state index contributed by atoms with van der Waals surface area (Å²) >= 11 is 0. The van der Waals surface area contributed by atoms with Crippen molar-refractivity contribution >= 4 is 21.2 Å². The summed E-state index contributed by atoms with van der Waals surface area (Å²) in [6, 6.07) is 14.8. The van der Waals surface area contributed by atoms with E-state index in [2.05, 4.69) is 24.0 Å². The van der Waals surface area contributed by atoms with E-state index in [-0.39, 0.29) is 16.6 Å². The van der Waals surface area contributed by atoms with E-state index < -0.39 is 14.8 Å². The van der Waals surface area contributed by atoms with E-state index in [1.54, 1.807) is 6.07 Å². The van der Waals surface area contributed by atoms with Gasteiger partial charge in [0.1, 0.15) is 4.90 Å². The molecule has 2 atom stereocenters. The molecule has 1 fully saturated rings. The Hall–Kier alpha value is -2.41. The summed E-state index contributed by atoms with van der Waals surface area (Å²) in [6.07, 6.45) is 1.95. The molecule has 0 radical (unpaired) electrons. The van der Waals surface area contributed by atoms with Crippen molar-refractivity contribution in [2.24, 2.45) is 0 Å². The molecular formula is C18H20N2O4S. The minimum atomic E-state index is -3.68. The fraction of sp³-hybridized carbons (Fsp3) is 0.333. The minimum absolute atomic E-state index is 0.221. The molecular weight excluding hydrogens is 340 g/mol. The van der Waals surface area contributed by atoms with Crippen LogP contribution in [0.2, 0.25) is 0 Å². The van der Waals surface area contributed by atoms with E-state index in [0.29, 0.717) is 11.6 Å². The predicted octanol–water partition coefficient (Wildman–Crippen LogP) is 3.38.